The van der Waals surface area contributed by atoms with Crippen LogP contribution in [-0.4, -0.2) is 4.40 Å². The van der Waals surface area contributed by atoms with Crippen molar-refractivity contribution in [1.29, 1.82) is 10.5 Å². The maximum atomic E-state index is 11.3. The number of aromatic nitrogens is 1. The molecule has 0 amide bonds. The summed E-state index contributed by atoms with van der Waals surface area (Å²) in [6, 6.07) is 48.9. The Kier molecular flexibility index (Phi) is 9.37. The van der Waals surface area contributed by atoms with E-state index in [9.17, 15) is 10.5 Å². The van der Waals surface area contributed by atoms with Crippen molar-refractivity contribution in [3.63, 3.8) is 0 Å². The van der Waals surface area contributed by atoms with Crippen LogP contribution in [0.1, 0.15) is 82.0 Å². The van der Waals surface area contributed by atoms with Crippen LogP contribution in [0.5, 0.6) is 0 Å². The van der Waals surface area contributed by atoms with Gasteiger partial charge in [0.25, 0.3) is 0 Å². The van der Waals surface area contributed by atoms with Crippen LogP contribution < -0.4 is 0 Å². The average molecular weight is 944 g/mol. The molecule has 5 heteroatoms. The molecule has 0 N–H and O–H groups in total. The lowest BCUT2D eigenvalue weighted by molar-refractivity contribution is 0.592. The predicted molar refractivity (Wildman–Crippen MR) is 303 cm³/mol. The summed E-state index contributed by atoms with van der Waals surface area (Å²) in [5.41, 5.74) is 25.7. The highest BCUT2D eigenvalue weighted by Crippen LogP contribution is 2.53. The molecule has 13 rings (SSSR count). The third-order valence-corrected chi connectivity index (χ3v) is 16.1. The number of aryl methyl sites for hydroxylation is 8. The van der Waals surface area contributed by atoms with Gasteiger partial charge in [-0.2, -0.15) is 10.5 Å². The van der Waals surface area contributed by atoms with Gasteiger partial charge in [0.2, 0.25) is 0 Å². The van der Waals surface area contributed by atoms with Gasteiger partial charge >= 0.3 is 0 Å². The Morgan fingerprint density at radius 2 is 0.753 bits per heavy atom. The Morgan fingerprint density at radius 3 is 1.08 bits per heavy atom. The van der Waals surface area contributed by atoms with E-state index in [4.69, 9.17) is 8.83 Å². The second-order valence-electron chi connectivity index (χ2n) is 21.8. The first kappa shape index (κ1) is 44.3. The van der Waals surface area contributed by atoms with Gasteiger partial charge < -0.3 is 13.2 Å². The Hall–Kier alpha value is -8.64. The topological polar surface area (TPSA) is 78.3 Å². The quantitative estimate of drug-likeness (QED) is 0.176. The molecule has 0 atom stereocenters. The predicted octanol–water partition coefficient (Wildman–Crippen LogP) is 18.8. The first-order chi connectivity index (χ1) is 35.1. The van der Waals surface area contributed by atoms with E-state index in [2.05, 4.69) is 202 Å². The Labute approximate surface area is 424 Å². The summed E-state index contributed by atoms with van der Waals surface area (Å²) < 4.78 is 16.6. The largest absolute Gasteiger partial charge is 0.455 e. The fourth-order valence-electron chi connectivity index (χ4n) is 12.9. The van der Waals surface area contributed by atoms with Gasteiger partial charge in [-0.15, -0.1) is 0 Å². The molecule has 4 heterocycles. The molecular formula is C68H53N3O2. The van der Waals surface area contributed by atoms with Crippen molar-refractivity contribution >= 4 is 82.0 Å². The second-order valence-corrected chi connectivity index (χ2v) is 21.8. The third-order valence-electron chi connectivity index (χ3n) is 16.1. The molecule has 5 nitrogen and oxygen atoms in total. The molecule has 0 saturated carbocycles. The SMILES string of the molecule is Cc1cccc(C)c1-c1cc(-c2c(C)cccc2C)c2c(c1)oc1c(C#N)cc3c(c4cc(C(C)(C)C)cc5c6c7c(oc8cc(-c9c(C)cccc9C)cc(-c9c(C)cccc9C)c87)c(C#N)cc6n3c45)c12. The highest BCUT2D eigenvalue weighted by atomic mass is 16.3. The van der Waals surface area contributed by atoms with Gasteiger partial charge in [-0.05, 0) is 204 Å². The van der Waals surface area contributed by atoms with Gasteiger partial charge in [0.05, 0.1) is 27.7 Å². The summed E-state index contributed by atoms with van der Waals surface area (Å²) >= 11 is 0. The van der Waals surface area contributed by atoms with Crippen molar-refractivity contribution in [2.24, 2.45) is 0 Å². The lowest BCUT2D eigenvalue weighted by atomic mass is 9.84. The van der Waals surface area contributed by atoms with Gasteiger partial charge in [0.15, 0.2) is 11.2 Å². The van der Waals surface area contributed by atoms with Crippen LogP contribution >= 0.6 is 0 Å². The summed E-state index contributed by atoms with van der Waals surface area (Å²) in [6.07, 6.45) is 0. The standard InChI is InChI=1S/C68H53N3O2/c1-34-16-12-17-35(2)55(34)42-24-47(57-38(5)20-14-21-39(57)6)61-53(28-42)72-66-44(32-69)26-51-59(63(61)66)49-30-46(68(9,10)11)31-50-60-52(71(51)65(49)50)27-45(33-70)67-64(60)62-48(58-40(7)22-15-23-41(58)8)25-43(29-54(62)73-67)56-36(3)18-13-19-37(56)4/h12-31H,1-11H3. The fourth-order valence-corrected chi connectivity index (χ4v) is 12.9. The summed E-state index contributed by atoms with van der Waals surface area (Å²) in [5.74, 6) is 0. The number of nitriles is 2. The van der Waals surface area contributed by atoms with E-state index in [0.717, 1.165) is 104 Å². The average Bonchev–Trinajstić information content (AvgIpc) is 4.10. The van der Waals surface area contributed by atoms with Crippen molar-refractivity contribution in [3.8, 4) is 56.6 Å². The van der Waals surface area contributed by atoms with Crippen molar-refractivity contribution in [3.05, 3.63) is 183 Å². The van der Waals surface area contributed by atoms with E-state index in [-0.39, 0.29) is 5.41 Å². The summed E-state index contributed by atoms with van der Waals surface area (Å²) in [6.45, 7) is 24.2. The highest BCUT2D eigenvalue weighted by molar-refractivity contribution is 6.38. The van der Waals surface area contributed by atoms with E-state index in [0.29, 0.717) is 22.3 Å². The van der Waals surface area contributed by atoms with E-state index >= 15 is 0 Å². The molecule has 0 aliphatic rings. The number of hydrogen-bond donors (Lipinski definition) is 0. The van der Waals surface area contributed by atoms with Gasteiger partial charge in [-0.25, -0.2) is 0 Å². The van der Waals surface area contributed by atoms with Gasteiger partial charge in [0.1, 0.15) is 23.3 Å². The minimum Gasteiger partial charge on any atom is -0.455 e. The third kappa shape index (κ3) is 6.12. The number of hydrogen-bond acceptors (Lipinski definition) is 4. The molecule has 9 aromatic carbocycles. The van der Waals surface area contributed by atoms with Crippen LogP contribution in [0.4, 0.5) is 0 Å². The molecular weight excluding hydrogens is 891 g/mol. The minimum atomic E-state index is -0.246. The van der Waals surface area contributed by atoms with Crippen LogP contribution in [0.15, 0.2) is 130 Å². The zero-order chi connectivity index (χ0) is 50.7. The fraction of sp³-hybridized carbons (Fsp3) is 0.176. The monoisotopic (exact) mass is 943 g/mol. The molecule has 0 spiro atoms. The lowest BCUT2D eigenvalue weighted by Gasteiger charge is -2.19. The lowest BCUT2D eigenvalue weighted by Crippen LogP contribution is -2.10. The summed E-state index contributed by atoms with van der Waals surface area (Å²) in [5, 5.41) is 30.5. The molecule has 0 saturated heterocycles. The van der Waals surface area contributed by atoms with Crippen LogP contribution in [0.3, 0.4) is 0 Å². The minimum absolute atomic E-state index is 0.246. The van der Waals surface area contributed by atoms with E-state index < -0.39 is 0 Å². The van der Waals surface area contributed by atoms with E-state index in [1.54, 1.807) is 0 Å². The Balaban J connectivity index is 1.26. The molecule has 0 aliphatic carbocycles. The van der Waals surface area contributed by atoms with Crippen molar-refractivity contribution in [2.45, 2.75) is 81.6 Å². The summed E-state index contributed by atoms with van der Waals surface area (Å²) in [4.78, 5) is 0. The van der Waals surface area contributed by atoms with Crippen LogP contribution in [-0.2, 0) is 5.41 Å². The Morgan fingerprint density at radius 1 is 0.411 bits per heavy atom. The van der Waals surface area contributed by atoms with Crippen molar-refractivity contribution in [1.82, 2.24) is 4.40 Å². The smallest absolute Gasteiger partial charge is 0.153 e. The molecule has 0 fully saturated rings. The van der Waals surface area contributed by atoms with Gasteiger partial charge in [-0.3, -0.25) is 0 Å². The highest BCUT2D eigenvalue weighted by Gasteiger charge is 2.31. The maximum absolute atomic E-state index is 11.3. The molecule has 0 unspecified atom stereocenters. The van der Waals surface area contributed by atoms with Crippen LogP contribution in [0, 0.1) is 78.1 Å². The molecule has 13 aromatic rings. The van der Waals surface area contributed by atoms with Crippen LogP contribution in [0.25, 0.3) is 126 Å². The second kappa shape index (κ2) is 15.4. The zero-order valence-corrected chi connectivity index (χ0v) is 43.2. The van der Waals surface area contributed by atoms with Crippen LogP contribution in [0.2, 0.25) is 0 Å². The van der Waals surface area contributed by atoms with Gasteiger partial charge in [-0.1, -0.05) is 93.6 Å². The number of fused-ring (bicyclic) bond motifs is 14. The van der Waals surface area contributed by atoms with Crippen molar-refractivity contribution in [2.75, 3.05) is 0 Å². The van der Waals surface area contributed by atoms with Crippen molar-refractivity contribution < 1.29 is 8.83 Å². The first-order valence-corrected chi connectivity index (χ1v) is 25.3. The van der Waals surface area contributed by atoms with E-state index in [1.807, 2.05) is 12.1 Å². The molecule has 352 valence electrons. The molecule has 0 bridgehead atoms. The molecule has 4 aromatic heterocycles. The molecule has 0 aliphatic heterocycles. The number of benzene rings is 9. The number of rotatable bonds is 4. The zero-order valence-electron chi connectivity index (χ0n) is 43.2. The van der Waals surface area contributed by atoms with Gasteiger partial charge in [0, 0.05) is 43.1 Å². The number of nitrogens with zero attached hydrogens (tertiary/aromatic N) is 3. The first-order valence-electron chi connectivity index (χ1n) is 25.3. The normalized spacial score (nSPS) is 12.3. The molecule has 0 radical (unpaired) electrons. The number of furan rings is 2. The van der Waals surface area contributed by atoms with E-state index in [1.165, 1.54) is 61.2 Å². The summed E-state index contributed by atoms with van der Waals surface area (Å²) in [7, 11) is 0. The maximum Gasteiger partial charge on any atom is 0.153 e. The Bertz CT molecular complexity index is 4330. The molecule has 73 heavy (non-hydrogen) atoms.